The lowest BCUT2D eigenvalue weighted by Gasteiger charge is -2.54. The van der Waals surface area contributed by atoms with Crippen LogP contribution in [0.1, 0.15) is 46.0 Å². The fraction of sp³-hybridized carbons (Fsp3) is 0.650. The Labute approximate surface area is 149 Å². The van der Waals surface area contributed by atoms with E-state index in [-0.39, 0.29) is 29.4 Å². The second kappa shape index (κ2) is 7.24. The van der Waals surface area contributed by atoms with E-state index in [2.05, 4.69) is 32.2 Å². The molecule has 25 heavy (non-hydrogen) atoms. The molecule has 1 aliphatic carbocycles. The van der Waals surface area contributed by atoms with Crippen LogP contribution in [0, 0.1) is 23.2 Å². The molecule has 0 unspecified atom stereocenters. The van der Waals surface area contributed by atoms with Gasteiger partial charge in [-0.15, -0.1) is 0 Å². The first-order chi connectivity index (χ1) is 12.0. The van der Waals surface area contributed by atoms with Crippen molar-refractivity contribution < 1.29 is 18.7 Å². The maximum atomic E-state index is 11.9. The summed E-state index contributed by atoms with van der Waals surface area (Å²) in [6.07, 6.45) is 4.49. The number of allylic oxidation sites excluding steroid dienone is 1. The monoisotopic (exact) mass is 347 g/mol. The molecule has 138 valence electrons. The van der Waals surface area contributed by atoms with Gasteiger partial charge in [-0.05, 0) is 37.3 Å². The molecule has 1 aliphatic heterocycles. The van der Waals surface area contributed by atoms with Crippen LogP contribution in [-0.2, 0) is 9.47 Å². The summed E-state index contributed by atoms with van der Waals surface area (Å²) >= 11 is 0. The van der Waals surface area contributed by atoms with E-state index in [0.29, 0.717) is 25.7 Å². The number of fused-ring (bicyclic) bond motifs is 2. The number of carbonyl (C=O) groups is 1. The summed E-state index contributed by atoms with van der Waals surface area (Å²) in [5, 5.41) is 2.78. The largest absolute Gasteiger partial charge is 0.467 e. The van der Waals surface area contributed by atoms with E-state index >= 15 is 0 Å². The lowest BCUT2D eigenvalue weighted by atomic mass is 9.56. The van der Waals surface area contributed by atoms with E-state index in [1.54, 1.807) is 6.26 Å². The summed E-state index contributed by atoms with van der Waals surface area (Å²) in [6.45, 7) is 10.2. The third-order valence-electron chi connectivity index (χ3n) is 6.06. The smallest absolute Gasteiger partial charge is 0.407 e. The first kappa shape index (κ1) is 18.1. The standard InChI is InChI=1S/C20H29NO4/c1-5-8-21-19(22)25-12-20-11-24-18(16-7-6-9-23-16)17(15(20)4)13(2)10-14(20)3/h6-7,9-10,14-15,17-18H,5,8,11-12H2,1-4H3,(H,21,22)/t14-,15-,17+,18+,20-/m1/s1. The van der Waals surface area contributed by atoms with Gasteiger partial charge in [-0.1, -0.05) is 32.4 Å². The molecular formula is C20H29NO4. The summed E-state index contributed by atoms with van der Waals surface area (Å²) in [5.74, 6) is 1.72. The molecule has 0 aromatic carbocycles. The molecule has 1 saturated heterocycles. The first-order valence-corrected chi connectivity index (χ1v) is 9.23. The number of ether oxygens (including phenoxy) is 2. The van der Waals surface area contributed by atoms with Gasteiger partial charge < -0.3 is 19.2 Å². The lowest BCUT2D eigenvalue weighted by Crippen LogP contribution is -2.54. The normalized spacial score (nSPS) is 34.3. The van der Waals surface area contributed by atoms with E-state index in [0.717, 1.165) is 12.2 Å². The van der Waals surface area contributed by atoms with Crippen molar-refractivity contribution in [2.45, 2.75) is 40.2 Å². The van der Waals surface area contributed by atoms with Crippen LogP contribution in [0.25, 0.3) is 0 Å². The number of carbonyl (C=O) groups excluding carboxylic acids is 1. The highest BCUT2D eigenvalue weighted by molar-refractivity contribution is 5.67. The molecule has 1 amide bonds. The van der Waals surface area contributed by atoms with Crippen LogP contribution < -0.4 is 5.32 Å². The molecule has 0 spiro atoms. The number of alkyl carbamates (subject to hydrolysis) is 1. The topological polar surface area (TPSA) is 60.7 Å². The second-order valence-electron chi connectivity index (χ2n) is 7.50. The zero-order valence-corrected chi connectivity index (χ0v) is 15.6. The van der Waals surface area contributed by atoms with Crippen LogP contribution >= 0.6 is 0 Å². The Balaban J connectivity index is 1.80. The highest BCUT2D eigenvalue weighted by atomic mass is 16.6. The molecule has 1 aromatic heterocycles. The fourth-order valence-corrected chi connectivity index (χ4v) is 4.45. The molecule has 0 radical (unpaired) electrons. The van der Waals surface area contributed by atoms with Crippen molar-refractivity contribution in [1.82, 2.24) is 5.32 Å². The predicted octanol–water partition coefficient (Wildman–Crippen LogP) is 4.32. The quantitative estimate of drug-likeness (QED) is 0.806. The van der Waals surface area contributed by atoms with Crippen molar-refractivity contribution >= 4 is 6.09 Å². The molecule has 2 heterocycles. The van der Waals surface area contributed by atoms with Gasteiger partial charge in [0.2, 0.25) is 0 Å². The van der Waals surface area contributed by atoms with E-state index in [4.69, 9.17) is 13.9 Å². The molecule has 5 heteroatoms. The Bertz CT molecular complexity index is 624. The average molecular weight is 347 g/mol. The summed E-state index contributed by atoms with van der Waals surface area (Å²) in [6, 6.07) is 3.88. The zero-order valence-electron chi connectivity index (χ0n) is 15.6. The van der Waals surface area contributed by atoms with Crippen molar-refractivity contribution in [3.8, 4) is 0 Å². The van der Waals surface area contributed by atoms with E-state index in [1.807, 2.05) is 19.1 Å². The van der Waals surface area contributed by atoms with Gasteiger partial charge in [0.15, 0.2) is 0 Å². The minimum absolute atomic E-state index is 0.0733. The van der Waals surface area contributed by atoms with Crippen LogP contribution in [0.4, 0.5) is 4.79 Å². The van der Waals surface area contributed by atoms with Crippen molar-refractivity contribution in [2.75, 3.05) is 19.8 Å². The van der Waals surface area contributed by atoms with Crippen molar-refractivity contribution in [2.24, 2.45) is 23.2 Å². The molecule has 1 aromatic rings. The van der Waals surface area contributed by atoms with Crippen LogP contribution in [0.3, 0.4) is 0 Å². The molecular weight excluding hydrogens is 318 g/mol. The Morgan fingerprint density at radius 2 is 2.24 bits per heavy atom. The maximum absolute atomic E-state index is 11.9. The summed E-state index contributed by atoms with van der Waals surface area (Å²) in [7, 11) is 0. The maximum Gasteiger partial charge on any atom is 0.407 e. The SMILES string of the molecule is CCCNC(=O)OC[C@]12CO[C@@H](c3ccco3)[C@@H](C(C)=C[C@H]1C)[C@H]2C. The van der Waals surface area contributed by atoms with Gasteiger partial charge in [0, 0.05) is 17.9 Å². The predicted molar refractivity (Wildman–Crippen MR) is 95.1 cm³/mol. The molecule has 0 saturated carbocycles. The number of amides is 1. The van der Waals surface area contributed by atoms with Gasteiger partial charge in [-0.25, -0.2) is 4.79 Å². The van der Waals surface area contributed by atoms with Crippen LogP contribution in [-0.4, -0.2) is 25.9 Å². The molecule has 5 atom stereocenters. The Morgan fingerprint density at radius 3 is 2.92 bits per heavy atom. The van der Waals surface area contributed by atoms with Crippen LogP contribution in [0.5, 0.6) is 0 Å². The van der Waals surface area contributed by atoms with E-state index in [9.17, 15) is 4.79 Å². The minimum atomic E-state index is -0.341. The average Bonchev–Trinajstić information content (AvgIpc) is 3.11. The number of rotatable bonds is 5. The lowest BCUT2D eigenvalue weighted by molar-refractivity contribution is -0.170. The van der Waals surface area contributed by atoms with Gasteiger partial charge in [0.1, 0.15) is 18.5 Å². The number of hydrogen-bond acceptors (Lipinski definition) is 4. The van der Waals surface area contributed by atoms with Gasteiger partial charge in [-0.3, -0.25) is 0 Å². The Hall–Kier alpha value is -1.75. The molecule has 5 nitrogen and oxygen atoms in total. The molecule has 1 fully saturated rings. The number of furan rings is 1. The van der Waals surface area contributed by atoms with Crippen LogP contribution in [0.2, 0.25) is 0 Å². The summed E-state index contributed by atoms with van der Waals surface area (Å²) < 4.78 is 17.5. The Kier molecular flexibility index (Phi) is 5.23. The highest BCUT2D eigenvalue weighted by Crippen LogP contribution is 2.56. The minimum Gasteiger partial charge on any atom is -0.467 e. The first-order valence-electron chi connectivity index (χ1n) is 9.23. The van der Waals surface area contributed by atoms with Gasteiger partial charge in [-0.2, -0.15) is 0 Å². The summed E-state index contributed by atoms with van der Waals surface area (Å²) in [4.78, 5) is 11.9. The van der Waals surface area contributed by atoms with Crippen molar-refractivity contribution in [3.05, 3.63) is 35.8 Å². The van der Waals surface area contributed by atoms with Crippen molar-refractivity contribution in [3.63, 3.8) is 0 Å². The third-order valence-corrected chi connectivity index (χ3v) is 6.06. The molecule has 1 N–H and O–H groups in total. The second-order valence-corrected chi connectivity index (χ2v) is 7.50. The Morgan fingerprint density at radius 1 is 1.44 bits per heavy atom. The van der Waals surface area contributed by atoms with E-state index in [1.165, 1.54) is 5.57 Å². The zero-order chi connectivity index (χ0) is 18.0. The highest BCUT2D eigenvalue weighted by Gasteiger charge is 2.55. The number of nitrogens with one attached hydrogen (secondary N) is 1. The van der Waals surface area contributed by atoms with Gasteiger partial charge >= 0.3 is 6.09 Å². The molecule has 3 rings (SSSR count). The number of hydrogen-bond donors (Lipinski definition) is 1. The summed E-state index contributed by atoms with van der Waals surface area (Å²) in [5.41, 5.74) is 1.13. The van der Waals surface area contributed by atoms with Gasteiger partial charge in [0.05, 0.1) is 12.9 Å². The van der Waals surface area contributed by atoms with E-state index < -0.39 is 0 Å². The van der Waals surface area contributed by atoms with Crippen molar-refractivity contribution in [1.29, 1.82) is 0 Å². The fourth-order valence-electron chi connectivity index (χ4n) is 4.45. The van der Waals surface area contributed by atoms with Gasteiger partial charge in [0.25, 0.3) is 0 Å². The third kappa shape index (κ3) is 3.22. The molecule has 2 aliphatic rings. The van der Waals surface area contributed by atoms with Crippen LogP contribution in [0.15, 0.2) is 34.5 Å². The molecule has 2 bridgehead atoms.